The molecule has 0 aliphatic heterocycles. The molecule has 1 aromatic rings. The van der Waals surface area contributed by atoms with Crippen molar-refractivity contribution in [3.8, 4) is 0 Å². The summed E-state index contributed by atoms with van der Waals surface area (Å²) in [6, 6.07) is 0. The number of aliphatic hydroxyl groups is 1. The lowest BCUT2D eigenvalue weighted by atomic mass is 10.0. The van der Waals surface area contributed by atoms with E-state index in [1.165, 1.54) is 25.7 Å². The summed E-state index contributed by atoms with van der Waals surface area (Å²) in [4.78, 5) is 12.5. The normalized spacial score (nSPS) is 15.9. The van der Waals surface area contributed by atoms with Crippen LogP contribution in [0.4, 0.5) is 0 Å². The molecule has 0 atom stereocenters. The lowest BCUT2D eigenvalue weighted by molar-refractivity contribution is -0.126. The molecule has 1 aliphatic rings. The van der Waals surface area contributed by atoms with Gasteiger partial charge in [0.2, 0.25) is 5.91 Å². The molecule has 1 saturated carbocycles. The van der Waals surface area contributed by atoms with Gasteiger partial charge in [0.1, 0.15) is 0 Å². The van der Waals surface area contributed by atoms with Gasteiger partial charge in [-0.25, -0.2) is 0 Å². The second kappa shape index (κ2) is 8.12. The van der Waals surface area contributed by atoms with Crippen LogP contribution in [-0.4, -0.2) is 39.5 Å². The third-order valence-corrected chi connectivity index (χ3v) is 5.14. The van der Waals surface area contributed by atoms with Crippen molar-refractivity contribution in [1.29, 1.82) is 0 Å². The van der Waals surface area contributed by atoms with Crippen LogP contribution >= 0.6 is 0 Å². The van der Waals surface area contributed by atoms with Crippen molar-refractivity contribution >= 4 is 5.91 Å². The Labute approximate surface area is 145 Å². The van der Waals surface area contributed by atoms with Crippen LogP contribution in [-0.2, 0) is 17.9 Å². The first kappa shape index (κ1) is 18.9. The number of carbonyl (C=O) groups is 1. The van der Waals surface area contributed by atoms with E-state index in [1.54, 1.807) is 0 Å². The Hall–Kier alpha value is -1.40. The molecule has 1 aliphatic carbocycles. The number of hydrogen-bond donors (Lipinski definition) is 3. The van der Waals surface area contributed by atoms with Crippen molar-refractivity contribution in [2.45, 2.75) is 72.0 Å². The molecule has 6 nitrogen and oxygen atoms in total. The minimum Gasteiger partial charge on any atom is -0.394 e. The number of nitrogens with one attached hydrogen (secondary N) is 2. The maximum absolute atomic E-state index is 12.5. The largest absolute Gasteiger partial charge is 0.394 e. The minimum atomic E-state index is -0.628. The minimum absolute atomic E-state index is 0.0486. The van der Waals surface area contributed by atoms with Gasteiger partial charge in [-0.15, -0.1) is 0 Å². The summed E-state index contributed by atoms with van der Waals surface area (Å²) in [5.74, 6) is 0.693. The molecular weight excluding hydrogens is 304 g/mol. The SMILES string of the molecule is Cc1nn(CCO)c(C)c1CNC(C)(C)C(=O)NCC1CCCC1. The van der Waals surface area contributed by atoms with Crippen LogP contribution in [0.1, 0.15) is 56.5 Å². The summed E-state index contributed by atoms with van der Waals surface area (Å²) in [6.45, 7) is 9.75. The number of hydrogen-bond acceptors (Lipinski definition) is 4. The van der Waals surface area contributed by atoms with Gasteiger partial charge in [-0.2, -0.15) is 5.10 Å². The average Bonchev–Trinajstić information content (AvgIpc) is 3.13. The predicted molar refractivity (Wildman–Crippen MR) is 94.7 cm³/mol. The Kier molecular flexibility index (Phi) is 6.40. The molecule has 0 spiro atoms. The van der Waals surface area contributed by atoms with Gasteiger partial charge in [0.25, 0.3) is 0 Å². The third-order valence-electron chi connectivity index (χ3n) is 5.14. The second-order valence-electron chi connectivity index (χ2n) is 7.44. The molecule has 0 radical (unpaired) electrons. The molecule has 2 rings (SSSR count). The van der Waals surface area contributed by atoms with Crippen LogP contribution in [0.3, 0.4) is 0 Å². The van der Waals surface area contributed by atoms with E-state index in [2.05, 4.69) is 15.7 Å². The van der Waals surface area contributed by atoms with Gasteiger partial charge in [0.05, 0.1) is 24.4 Å². The zero-order chi connectivity index (χ0) is 17.7. The third kappa shape index (κ3) is 4.57. The first-order chi connectivity index (χ1) is 11.3. The summed E-state index contributed by atoms with van der Waals surface area (Å²) in [7, 11) is 0. The molecule has 1 amide bonds. The molecule has 1 fully saturated rings. The second-order valence-corrected chi connectivity index (χ2v) is 7.44. The number of aliphatic hydroxyl groups excluding tert-OH is 1. The van der Waals surface area contributed by atoms with E-state index in [-0.39, 0.29) is 12.5 Å². The summed E-state index contributed by atoms with van der Waals surface area (Å²) in [6.07, 6.45) is 5.05. The number of amides is 1. The summed E-state index contributed by atoms with van der Waals surface area (Å²) >= 11 is 0. The summed E-state index contributed by atoms with van der Waals surface area (Å²) in [5, 5.41) is 20.0. The van der Waals surface area contributed by atoms with Crippen molar-refractivity contribution in [2.24, 2.45) is 5.92 Å². The van der Waals surface area contributed by atoms with Crippen LogP contribution in [0.25, 0.3) is 0 Å². The molecule has 0 unspecified atom stereocenters. The Morgan fingerprint density at radius 2 is 2.00 bits per heavy atom. The lowest BCUT2D eigenvalue weighted by Crippen LogP contribution is -2.53. The van der Waals surface area contributed by atoms with Gasteiger partial charge in [0.15, 0.2) is 0 Å². The van der Waals surface area contributed by atoms with E-state index in [0.717, 1.165) is 23.5 Å². The smallest absolute Gasteiger partial charge is 0.239 e. The first-order valence-corrected chi connectivity index (χ1v) is 9.02. The zero-order valence-corrected chi connectivity index (χ0v) is 15.5. The molecule has 3 N–H and O–H groups in total. The number of aryl methyl sites for hydroxylation is 1. The quantitative estimate of drug-likeness (QED) is 0.675. The first-order valence-electron chi connectivity index (χ1n) is 9.02. The lowest BCUT2D eigenvalue weighted by Gasteiger charge is -2.26. The van der Waals surface area contributed by atoms with Crippen molar-refractivity contribution in [3.63, 3.8) is 0 Å². The van der Waals surface area contributed by atoms with E-state index >= 15 is 0 Å². The fourth-order valence-electron chi connectivity index (χ4n) is 3.36. The van der Waals surface area contributed by atoms with E-state index in [1.807, 2.05) is 32.4 Å². The average molecular weight is 336 g/mol. The number of rotatable bonds is 8. The molecule has 0 saturated heterocycles. The van der Waals surface area contributed by atoms with E-state index < -0.39 is 5.54 Å². The fourth-order valence-corrected chi connectivity index (χ4v) is 3.36. The molecule has 1 aromatic heterocycles. The maximum atomic E-state index is 12.5. The monoisotopic (exact) mass is 336 g/mol. The molecule has 24 heavy (non-hydrogen) atoms. The summed E-state index contributed by atoms with van der Waals surface area (Å²) < 4.78 is 1.82. The molecular formula is C18H32N4O2. The standard InChI is InChI=1S/C18H32N4O2/c1-13-16(14(2)22(21-13)9-10-23)12-20-18(3,4)17(24)19-11-15-7-5-6-8-15/h15,20,23H,5-12H2,1-4H3,(H,19,24). The molecule has 0 bridgehead atoms. The van der Waals surface area contributed by atoms with Crippen LogP contribution < -0.4 is 10.6 Å². The molecule has 6 heteroatoms. The van der Waals surface area contributed by atoms with Crippen LogP contribution in [0.5, 0.6) is 0 Å². The van der Waals surface area contributed by atoms with Crippen LogP contribution in [0.2, 0.25) is 0 Å². The van der Waals surface area contributed by atoms with E-state index in [4.69, 9.17) is 5.11 Å². The highest BCUT2D eigenvalue weighted by atomic mass is 16.3. The number of carbonyl (C=O) groups excluding carboxylic acids is 1. The van der Waals surface area contributed by atoms with Crippen molar-refractivity contribution in [2.75, 3.05) is 13.2 Å². The van der Waals surface area contributed by atoms with Crippen LogP contribution in [0.15, 0.2) is 0 Å². The van der Waals surface area contributed by atoms with Crippen molar-refractivity contribution in [1.82, 2.24) is 20.4 Å². The van der Waals surface area contributed by atoms with Crippen LogP contribution in [0, 0.1) is 19.8 Å². The zero-order valence-electron chi connectivity index (χ0n) is 15.5. The van der Waals surface area contributed by atoms with Gasteiger partial charge in [0, 0.05) is 24.3 Å². The highest BCUT2D eigenvalue weighted by Gasteiger charge is 2.28. The maximum Gasteiger partial charge on any atom is 0.239 e. The summed E-state index contributed by atoms with van der Waals surface area (Å²) in [5.41, 5.74) is 2.45. The molecule has 1 heterocycles. The highest BCUT2D eigenvalue weighted by Crippen LogP contribution is 2.24. The molecule has 0 aromatic carbocycles. The number of nitrogens with zero attached hydrogens (tertiary/aromatic N) is 2. The Morgan fingerprint density at radius 3 is 2.62 bits per heavy atom. The number of aromatic nitrogens is 2. The predicted octanol–water partition coefficient (Wildman–Crippen LogP) is 1.67. The Bertz CT molecular complexity index is 560. The van der Waals surface area contributed by atoms with E-state index in [0.29, 0.717) is 19.0 Å². The van der Waals surface area contributed by atoms with Gasteiger partial charge in [-0.05, 0) is 46.5 Å². The van der Waals surface area contributed by atoms with Gasteiger partial charge in [-0.3, -0.25) is 14.8 Å². The van der Waals surface area contributed by atoms with Gasteiger partial charge in [-0.1, -0.05) is 12.8 Å². The highest BCUT2D eigenvalue weighted by molar-refractivity contribution is 5.85. The van der Waals surface area contributed by atoms with Gasteiger partial charge < -0.3 is 10.4 Å². The van der Waals surface area contributed by atoms with Crippen molar-refractivity contribution in [3.05, 3.63) is 17.0 Å². The van der Waals surface area contributed by atoms with Crippen molar-refractivity contribution < 1.29 is 9.90 Å². The van der Waals surface area contributed by atoms with Gasteiger partial charge >= 0.3 is 0 Å². The molecule has 136 valence electrons. The Balaban J connectivity index is 1.90. The topological polar surface area (TPSA) is 79.2 Å². The fraction of sp³-hybridized carbons (Fsp3) is 0.778. The Morgan fingerprint density at radius 1 is 1.33 bits per heavy atom. The van der Waals surface area contributed by atoms with E-state index in [9.17, 15) is 4.79 Å².